The first-order chi connectivity index (χ1) is 12.1. The summed E-state index contributed by atoms with van der Waals surface area (Å²) < 4.78 is 0. The molecule has 130 valence electrons. The summed E-state index contributed by atoms with van der Waals surface area (Å²) in [5.74, 6) is 0.177. The van der Waals surface area contributed by atoms with Crippen LogP contribution in [0.3, 0.4) is 0 Å². The van der Waals surface area contributed by atoms with E-state index < -0.39 is 0 Å². The number of nitrogens with zero attached hydrogens (tertiary/aromatic N) is 2. The summed E-state index contributed by atoms with van der Waals surface area (Å²) in [6.45, 7) is 5.00. The molecule has 1 atom stereocenters. The zero-order valence-corrected chi connectivity index (χ0v) is 14.4. The minimum Gasteiger partial charge on any atom is -0.352 e. The molecule has 0 aliphatic carbocycles. The zero-order valence-electron chi connectivity index (χ0n) is 14.4. The van der Waals surface area contributed by atoms with E-state index in [2.05, 4.69) is 21.3 Å². The molecule has 1 aromatic heterocycles. The van der Waals surface area contributed by atoms with Gasteiger partial charge in [0.15, 0.2) is 5.78 Å². The maximum absolute atomic E-state index is 12.4. The van der Waals surface area contributed by atoms with Crippen LogP contribution in [0.2, 0.25) is 0 Å². The van der Waals surface area contributed by atoms with E-state index in [-0.39, 0.29) is 11.7 Å². The van der Waals surface area contributed by atoms with Crippen LogP contribution in [0.1, 0.15) is 39.6 Å². The lowest BCUT2D eigenvalue weighted by Crippen LogP contribution is -2.31. The minimum absolute atomic E-state index is 0.0886. The van der Waals surface area contributed by atoms with Crippen molar-refractivity contribution in [3.63, 3.8) is 0 Å². The predicted octanol–water partition coefficient (Wildman–Crippen LogP) is 2.54. The molecule has 1 aliphatic heterocycles. The van der Waals surface area contributed by atoms with Gasteiger partial charge in [0.1, 0.15) is 0 Å². The van der Waals surface area contributed by atoms with E-state index in [0.717, 1.165) is 26.1 Å². The average molecular weight is 337 g/mol. The normalized spacial score (nSPS) is 17.4. The summed E-state index contributed by atoms with van der Waals surface area (Å²) in [4.78, 5) is 30.6. The quantitative estimate of drug-likeness (QED) is 0.823. The van der Waals surface area contributed by atoms with Crippen molar-refractivity contribution in [3.05, 3.63) is 65.5 Å². The van der Waals surface area contributed by atoms with E-state index >= 15 is 0 Å². The van der Waals surface area contributed by atoms with Crippen LogP contribution < -0.4 is 5.32 Å². The number of rotatable bonds is 6. The van der Waals surface area contributed by atoms with Gasteiger partial charge in [-0.05, 0) is 43.5 Å². The van der Waals surface area contributed by atoms with E-state index in [1.165, 1.54) is 12.5 Å². The molecular weight excluding hydrogens is 314 g/mol. The second-order valence-corrected chi connectivity index (χ2v) is 6.56. The second-order valence-electron chi connectivity index (χ2n) is 6.56. The number of carbonyl (C=O) groups is 2. The highest BCUT2D eigenvalue weighted by atomic mass is 16.2. The Bertz CT molecular complexity index is 746. The lowest BCUT2D eigenvalue weighted by atomic mass is 10.0. The van der Waals surface area contributed by atoms with Gasteiger partial charge >= 0.3 is 0 Å². The zero-order chi connectivity index (χ0) is 17.6. The van der Waals surface area contributed by atoms with Crippen LogP contribution in [0.25, 0.3) is 0 Å². The Morgan fingerprint density at radius 3 is 2.72 bits per heavy atom. The highest BCUT2D eigenvalue weighted by Crippen LogP contribution is 2.18. The van der Waals surface area contributed by atoms with Gasteiger partial charge in [0.2, 0.25) is 0 Å². The maximum Gasteiger partial charge on any atom is 0.252 e. The Kier molecular flexibility index (Phi) is 5.56. The van der Waals surface area contributed by atoms with Crippen molar-refractivity contribution >= 4 is 11.7 Å². The number of carbonyl (C=O) groups excluding carboxylic acids is 2. The first-order valence-corrected chi connectivity index (χ1v) is 8.63. The highest BCUT2D eigenvalue weighted by molar-refractivity contribution is 6.07. The Morgan fingerprint density at radius 1 is 1.20 bits per heavy atom. The molecule has 1 saturated heterocycles. The molecule has 25 heavy (non-hydrogen) atoms. The van der Waals surface area contributed by atoms with Gasteiger partial charge in [-0.3, -0.25) is 19.5 Å². The molecule has 0 radical (unpaired) electrons. The van der Waals surface area contributed by atoms with Gasteiger partial charge in [-0.2, -0.15) is 0 Å². The van der Waals surface area contributed by atoms with Crippen molar-refractivity contribution in [1.29, 1.82) is 0 Å². The molecule has 2 heterocycles. The number of hydrogen-bond acceptors (Lipinski definition) is 4. The van der Waals surface area contributed by atoms with Crippen LogP contribution in [0, 0.1) is 5.92 Å². The minimum atomic E-state index is -0.170. The third-order valence-electron chi connectivity index (χ3n) is 4.60. The number of nitrogens with one attached hydrogen (secondary N) is 1. The van der Waals surface area contributed by atoms with E-state index in [1.54, 1.807) is 30.5 Å². The van der Waals surface area contributed by atoms with Crippen LogP contribution in [-0.4, -0.2) is 41.2 Å². The van der Waals surface area contributed by atoms with Gasteiger partial charge in [-0.25, -0.2) is 0 Å². The maximum atomic E-state index is 12.4. The van der Waals surface area contributed by atoms with Crippen molar-refractivity contribution in [2.24, 2.45) is 5.92 Å². The summed E-state index contributed by atoms with van der Waals surface area (Å²) in [7, 11) is 0. The van der Waals surface area contributed by atoms with Crippen LogP contribution in [-0.2, 0) is 6.54 Å². The molecule has 0 spiro atoms. The molecule has 5 nitrogen and oxygen atoms in total. The van der Waals surface area contributed by atoms with Crippen molar-refractivity contribution < 1.29 is 9.59 Å². The molecule has 2 aromatic rings. The number of pyridine rings is 1. The Morgan fingerprint density at radius 2 is 2.00 bits per heavy atom. The number of amides is 1. The lowest BCUT2D eigenvalue weighted by Gasteiger charge is -2.16. The van der Waals surface area contributed by atoms with Crippen molar-refractivity contribution in [2.75, 3.05) is 19.6 Å². The van der Waals surface area contributed by atoms with E-state index in [9.17, 15) is 9.59 Å². The first-order valence-electron chi connectivity index (χ1n) is 8.63. The summed E-state index contributed by atoms with van der Waals surface area (Å²) in [5.41, 5.74) is 2.15. The molecule has 1 fully saturated rings. The van der Waals surface area contributed by atoms with Crippen LogP contribution in [0.4, 0.5) is 0 Å². The SMILES string of the molecule is CC(=O)c1ccccc1C(=O)NC[C@@H]1CCN(Cc2cccnc2)C1. The third-order valence-corrected chi connectivity index (χ3v) is 4.60. The standard InChI is InChI=1S/C20H23N3O2/c1-15(24)18-6-2-3-7-19(18)20(25)22-12-17-8-10-23(14-17)13-16-5-4-9-21-11-16/h2-7,9,11,17H,8,10,12-14H2,1H3,(H,22,25)/t17-/m0/s1. The largest absolute Gasteiger partial charge is 0.352 e. The monoisotopic (exact) mass is 337 g/mol. The molecule has 1 N–H and O–H groups in total. The number of ketones is 1. The molecule has 0 saturated carbocycles. The Balaban J connectivity index is 1.51. The van der Waals surface area contributed by atoms with Gasteiger partial charge in [-0.15, -0.1) is 0 Å². The lowest BCUT2D eigenvalue weighted by molar-refractivity contribution is 0.0933. The average Bonchev–Trinajstić information content (AvgIpc) is 3.08. The van der Waals surface area contributed by atoms with Gasteiger partial charge in [0.05, 0.1) is 5.56 Å². The fourth-order valence-electron chi connectivity index (χ4n) is 3.29. The van der Waals surface area contributed by atoms with Crippen LogP contribution in [0.15, 0.2) is 48.8 Å². The van der Waals surface area contributed by atoms with E-state index in [1.807, 2.05) is 12.3 Å². The summed E-state index contributed by atoms with van der Waals surface area (Å²) >= 11 is 0. The topological polar surface area (TPSA) is 62.3 Å². The fraction of sp³-hybridized carbons (Fsp3) is 0.350. The van der Waals surface area contributed by atoms with Gasteiger partial charge in [0, 0.05) is 37.6 Å². The number of aromatic nitrogens is 1. The number of benzene rings is 1. The third kappa shape index (κ3) is 4.51. The van der Waals surface area contributed by atoms with Crippen molar-refractivity contribution in [1.82, 2.24) is 15.2 Å². The number of Topliss-reactive ketones (excluding diaryl/α,β-unsaturated/α-hetero) is 1. The van der Waals surface area contributed by atoms with E-state index in [4.69, 9.17) is 0 Å². The summed E-state index contributed by atoms with van der Waals surface area (Å²) in [6, 6.07) is 11.0. The summed E-state index contributed by atoms with van der Waals surface area (Å²) in [5, 5.41) is 2.99. The molecule has 1 amide bonds. The smallest absolute Gasteiger partial charge is 0.252 e. The van der Waals surface area contributed by atoms with Crippen LogP contribution in [0.5, 0.6) is 0 Å². The van der Waals surface area contributed by atoms with Gasteiger partial charge in [0.25, 0.3) is 5.91 Å². The summed E-state index contributed by atoms with van der Waals surface area (Å²) in [6.07, 6.45) is 4.74. The molecule has 0 bridgehead atoms. The number of likely N-dealkylation sites (tertiary alicyclic amines) is 1. The van der Waals surface area contributed by atoms with Gasteiger partial charge < -0.3 is 5.32 Å². The van der Waals surface area contributed by atoms with Crippen molar-refractivity contribution in [3.8, 4) is 0 Å². The van der Waals surface area contributed by atoms with Gasteiger partial charge in [-0.1, -0.05) is 24.3 Å². The Hall–Kier alpha value is -2.53. The molecule has 3 rings (SSSR count). The van der Waals surface area contributed by atoms with E-state index in [0.29, 0.717) is 23.6 Å². The van der Waals surface area contributed by atoms with Crippen LogP contribution >= 0.6 is 0 Å². The second kappa shape index (κ2) is 8.03. The van der Waals surface area contributed by atoms with Crippen molar-refractivity contribution in [2.45, 2.75) is 19.9 Å². The number of hydrogen-bond donors (Lipinski definition) is 1. The fourth-order valence-corrected chi connectivity index (χ4v) is 3.29. The molecule has 1 aromatic carbocycles. The molecule has 0 unspecified atom stereocenters. The highest BCUT2D eigenvalue weighted by Gasteiger charge is 2.23. The molecule has 1 aliphatic rings. The first kappa shape index (κ1) is 17.3. The Labute approximate surface area is 148 Å². The molecule has 5 heteroatoms. The predicted molar refractivity (Wildman–Crippen MR) is 96.4 cm³/mol. The molecular formula is C20H23N3O2.